The Bertz CT molecular complexity index is 1100. The lowest BCUT2D eigenvalue weighted by Gasteiger charge is -2.36. The first kappa shape index (κ1) is 21.4. The molecule has 0 amide bonds. The Morgan fingerprint density at radius 2 is 1.90 bits per heavy atom. The monoisotopic (exact) mass is 441 g/mol. The maximum absolute atomic E-state index is 14.6. The van der Waals surface area contributed by atoms with Crippen LogP contribution in [0.2, 0.25) is 0 Å². The molecule has 0 saturated carbocycles. The van der Waals surface area contributed by atoms with Crippen molar-refractivity contribution in [2.45, 2.75) is 24.3 Å². The lowest BCUT2D eigenvalue weighted by atomic mass is 10.0. The molecule has 0 aliphatic carbocycles. The van der Waals surface area contributed by atoms with E-state index in [2.05, 4.69) is 15.1 Å². The predicted octanol–water partition coefficient (Wildman–Crippen LogP) is 3.75. The molecule has 31 heavy (non-hydrogen) atoms. The summed E-state index contributed by atoms with van der Waals surface area (Å²) in [6, 6.07) is 14.5. The smallest absolute Gasteiger partial charge is 0.248 e. The number of anilines is 1. The predicted molar refractivity (Wildman–Crippen MR) is 117 cm³/mol. The highest BCUT2D eigenvalue weighted by molar-refractivity contribution is 8.15. The average molecular weight is 442 g/mol. The van der Waals surface area contributed by atoms with Crippen LogP contribution < -0.4 is 10.7 Å². The Morgan fingerprint density at radius 1 is 1.10 bits per heavy atom. The van der Waals surface area contributed by atoms with E-state index >= 15 is 0 Å². The van der Waals surface area contributed by atoms with Gasteiger partial charge in [0.1, 0.15) is 21.5 Å². The molecule has 1 unspecified atom stereocenters. The van der Waals surface area contributed by atoms with Gasteiger partial charge in [0.15, 0.2) is 0 Å². The minimum atomic E-state index is -0.817. The van der Waals surface area contributed by atoms with Crippen molar-refractivity contribution in [3.8, 4) is 0 Å². The van der Waals surface area contributed by atoms with Crippen LogP contribution in [0, 0.1) is 11.6 Å². The van der Waals surface area contributed by atoms with E-state index in [1.54, 1.807) is 11.1 Å². The summed E-state index contributed by atoms with van der Waals surface area (Å²) in [5.74, 6) is -0.865. The number of aliphatic hydroxyl groups is 1. The van der Waals surface area contributed by atoms with Crippen LogP contribution in [0.15, 0.2) is 65.9 Å². The SMILES string of the molecule is NCCCC1(c2ccccc2)SC(c2cc(F)ccc2F)=NN1c1nccc(CO)n1. The number of thioether (sulfide) groups is 1. The first-order chi connectivity index (χ1) is 15.1. The van der Waals surface area contributed by atoms with Crippen LogP contribution in [-0.4, -0.2) is 26.7 Å². The van der Waals surface area contributed by atoms with Crippen LogP contribution in [0.3, 0.4) is 0 Å². The second-order valence-corrected chi connectivity index (χ2v) is 8.26. The number of aliphatic hydroxyl groups excluding tert-OH is 1. The number of nitrogens with two attached hydrogens (primary N) is 1. The standard InChI is InChI=1S/C22H21F2N5OS/c23-16-7-8-19(24)18(13-16)20-28-29(21-26-12-9-17(14-30)27-21)22(31-20,10-4-11-25)15-5-2-1-3-6-15/h1-3,5-9,12-13,30H,4,10-11,14,25H2. The minimum Gasteiger partial charge on any atom is -0.390 e. The Kier molecular flexibility index (Phi) is 6.26. The van der Waals surface area contributed by atoms with Crippen molar-refractivity contribution in [2.75, 3.05) is 11.6 Å². The van der Waals surface area contributed by atoms with Gasteiger partial charge in [-0.3, -0.25) is 0 Å². The number of aromatic nitrogens is 2. The van der Waals surface area contributed by atoms with Gasteiger partial charge in [-0.2, -0.15) is 5.10 Å². The summed E-state index contributed by atoms with van der Waals surface area (Å²) in [5, 5.41) is 16.1. The molecule has 9 heteroatoms. The number of nitrogens with zero attached hydrogens (tertiary/aromatic N) is 4. The number of benzene rings is 2. The van der Waals surface area contributed by atoms with Crippen molar-refractivity contribution in [1.82, 2.24) is 9.97 Å². The van der Waals surface area contributed by atoms with Crippen molar-refractivity contribution in [3.05, 3.63) is 89.2 Å². The Labute approximate surface area is 182 Å². The topological polar surface area (TPSA) is 87.6 Å². The fourth-order valence-electron chi connectivity index (χ4n) is 3.47. The molecule has 1 atom stereocenters. The van der Waals surface area contributed by atoms with E-state index in [1.807, 2.05) is 30.3 Å². The molecule has 4 rings (SSSR count). The van der Waals surface area contributed by atoms with Crippen molar-refractivity contribution < 1.29 is 13.9 Å². The Morgan fingerprint density at radius 3 is 2.65 bits per heavy atom. The van der Waals surface area contributed by atoms with Crippen LogP contribution in [0.5, 0.6) is 0 Å². The molecule has 0 saturated heterocycles. The minimum absolute atomic E-state index is 0.0684. The molecule has 1 aromatic heterocycles. The number of halogens is 2. The Hall–Kier alpha value is -2.88. The largest absolute Gasteiger partial charge is 0.390 e. The normalized spacial score (nSPS) is 18.3. The van der Waals surface area contributed by atoms with Gasteiger partial charge in [0, 0.05) is 11.8 Å². The van der Waals surface area contributed by atoms with Gasteiger partial charge >= 0.3 is 0 Å². The van der Waals surface area contributed by atoms with Crippen molar-refractivity contribution in [3.63, 3.8) is 0 Å². The first-order valence-corrected chi connectivity index (χ1v) is 10.6. The molecule has 0 fully saturated rings. The summed E-state index contributed by atoms with van der Waals surface area (Å²) < 4.78 is 28.5. The zero-order chi connectivity index (χ0) is 21.8. The molecule has 1 aliphatic heterocycles. The third-order valence-corrected chi connectivity index (χ3v) is 6.40. The van der Waals surface area contributed by atoms with Crippen LogP contribution in [0.4, 0.5) is 14.7 Å². The highest BCUT2D eigenvalue weighted by Gasteiger charge is 2.47. The number of hydrogen-bond acceptors (Lipinski definition) is 7. The maximum atomic E-state index is 14.6. The van der Waals surface area contributed by atoms with Gasteiger partial charge in [0.25, 0.3) is 0 Å². The number of rotatable bonds is 7. The van der Waals surface area contributed by atoms with Gasteiger partial charge in [-0.15, -0.1) is 0 Å². The Balaban J connectivity index is 1.90. The molecular weight excluding hydrogens is 420 g/mol. The van der Waals surface area contributed by atoms with Gasteiger partial charge in [0.2, 0.25) is 5.95 Å². The van der Waals surface area contributed by atoms with Gasteiger partial charge in [-0.1, -0.05) is 42.1 Å². The summed E-state index contributed by atoms with van der Waals surface area (Å²) >= 11 is 1.31. The zero-order valence-corrected chi connectivity index (χ0v) is 17.4. The average Bonchev–Trinajstić information content (AvgIpc) is 3.20. The summed E-state index contributed by atoms with van der Waals surface area (Å²) in [6.07, 6.45) is 2.76. The third kappa shape index (κ3) is 4.16. The van der Waals surface area contributed by atoms with Gasteiger partial charge in [-0.25, -0.2) is 23.8 Å². The van der Waals surface area contributed by atoms with Crippen LogP contribution in [0.1, 0.15) is 29.7 Å². The third-order valence-electron chi connectivity index (χ3n) is 4.95. The lowest BCUT2D eigenvalue weighted by molar-refractivity contribution is 0.276. The van der Waals surface area contributed by atoms with Crippen LogP contribution in [-0.2, 0) is 11.5 Å². The van der Waals surface area contributed by atoms with Crippen molar-refractivity contribution in [1.29, 1.82) is 0 Å². The van der Waals surface area contributed by atoms with E-state index in [0.717, 1.165) is 23.8 Å². The van der Waals surface area contributed by atoms with Crippen LogP contribution >= 0.6 is 11.8 Å². The zero-order valence-electron chi connectivity index (χ0n) is 16.6. The molecule has 0 radical (unpaired) electrons. The second kappa shape index (κ2) is 9.09. The highest BCUT2D eigenvalue weighted by atomic mass is 32.2. The summed E-state index contributed by atoms with van der Waals surface area (Å²) in [7, 11) is 0. The summed E-state index contributed by atoms with van der Waals surface area (Å²) in [4.78, 5) is 7.95. The van der Waals surface area contributed by atoms with Crippen molar-refractivity contribution in [2.24, 2.45) is 10.8 Å². The van der Waals surface area contributed by atoms with E-state index in [9.17, 15) is 13.9 Å². The number of hydrazone groups is 1. The number of hydrogen-bond donors (Lipinski definition) is 2. The van der Waals surface area contributed by atoms with E-state index < -0.39 is 16.5 Å². The molecule has 2 aromatic carbocycles. The molecule has 0 bridgehead atoms. The van der Waals surface area contributed by atoms with E-state index in [-0.39, 0.29) is 18.1 Å². The maximum Gasteiger partial charge on any atom is 0.248 e. The van der Waals surface area contributed by atoms with Crippen LogP contribution in [0.25, 0.3) is 0 Å². The van der Waals surface area contributed by atoms with Gasteiger partial charge in [-0.05, 0) is 49.2 Å². The van der Waals surface area contributed by atoms with E-state index in [0.29, 0.717) is 30.1 Å². The molecule has 160 valence electrons. The second-order valence-electron chi connectivity index (χ2n) is 6.99. The van der Waals surface area contributed by atoms with E-state index in [4.69, 9.17) is 5.73 Å². The highest BCUT2D eigenvalue weighted by Crippen LogP contribution is 2.51. The fourth-order valence-corrected chi connectivity index (χ4v) is 4.89. The van der Waals surface area contributed by atoms with Crippen molar-refractivity contribution >= 4 is 22.8 Å². The first-order valence-electron chi connectivity index (χ1n) is 9.79. The molecule has 0 spiro atoms. The molecular formula is C22H21F2N5OS. The molecule has 2 heterocycles. The molecule has 3 aromatic rings. The van der Waals surface area contributed by atoms with E-state index in [1.165, 1.54) is 18.0 Å². The fraction of sp³-hybridized carbons (Fsp3) is 0.227. The summed E-state index contributed by atoms with van der Waals surface area (Å²) in [5.41, 5.74) is 7.22. The molecule has 3 N–H and O–H groups in total. The van der Waals surface area contributed by atoms with Gasteiger partial charge in [0.05, 0.1) is 12.3 Å². The van der Waals surface area contributed by atoms with Gasteiger partial charge < -0.3 is 10.8 Å². The lowest BCUT2D eigenvalue weighted by Crippen LogP contribution is -2.39. The quantitative estimate of drug-likeness (QED) is 0.581. The summed E-state index contributed by atoms with van der Waals surface area (Å²) in [6.45, 7) is 0.191. The molecule has 1 aliphatic rings. The molecule has 6 nitrogen and oxygen atoms in total.